The van der Waals surface area contributed by atoms with Crippen LogP contribution < -0.4 is 19.1 Å². The Balaban J connectivity index is 1.54. The number of rotatable bonds is 4. The fraction of sp³-hybridized carbons (Fsp3) is 0.207. The first-order chi connectivity index (χ1) is 18.4. The van der Waals surface area contributed by atoms with E-state index in [2.05, 4.69) is 0 Å². The van der Waals surface area contributed by atoms with E-state index in [0.29, 0.717) is 46.7 Å². The van der Waals surface area contributed by atoms with Crippen LogP contribution in [0.15, 0.2) is 60.2 Å². The Morgan fingerprint density at radius 2 is 1.76 bits per heavy atom. The van der Waals surface area contributed by atoms with Gasteiger partial charge in [-0.05, 0) is 66.9 Å². The molecule has 1 aromatic heterocycles. The lowest BCUT2D eigenvalue weighted by Gasteiger charge is -2.23. The van der Waals surface area contributed by atoms with E-state index in [0.717, 1.165) is 21.3 Å². The van der Waals surface area contributed by atoms with Gasteiger partial charge in [0.25, 0.3) is 5.78 Å². The van der Waals surface area contributed by atoms with Gasteiger partial charge in [0.15, 0.2) is 16.6 Å². The minimum absolute atomic E-state index is 0.0241. The number of aromatic nitrogens is 1. The average molecular weight is 529 g/mol. The normalized spacial score (nSPS) is 18.3. The van der Waals surface area contributed by atoms with Crippen LogP contribution in [0.4, 0.5) is 5.13 Å². The van der Waals surface area contributed by atoms with Gasteiger partial charge in [0, 0.05) is 5.56 Å². The first-order valence-electron chi connectivity index (χ1n) is 12.1. The summed E-state index contributed by atoms with van der Waals surface area (Å²) in [5.41, 5.74) is 3.80. The van der Waals surface area contributed by atoms with E-state index in [1.54, 1.807) is 49.6 Å². The second-order valence-electron chi connectivity index (χ2n) is 9.23. The second kappa shape index (κ2) is 9.18. The molecule has 0 bridgehead atoms. The lowest BCUT2D eigenvalue weighted by atomic mass is 9.95. The van der Waals surface area contributed by atoms with Crippen molar-refractivity contribution in [2.45, 2.75) is 19.9 Å². The molecule has 0 spiro atoms. The van der Waals surface area contributed by atoms with E-state index in [4.69, 9.17) is 19.2 Å². The molecule has 6 rings (SSSR count). The Bertz CT molecular complexity index is 1640. The van der Waals surface area contributed by atoms with Crippen molar-refractivity contribution >= 4 is 44.1 Å². The Morgan fingerprint density at radius 1 is 1.03 bits per heavy atom. The SMILES string of the molecule is COc1ccc(C2/C(=C(\O)c3ccc4c(c3)OCCO4)C(=O)C(=O)N2c2nc3c(C)cc(C)cc3s2)cc1. The van der Waals surface area contributed by atoms with Crippen molar-refractivity contribution in [3.63, 3.8) is 0 Å². The number of methoxy groups -OCH3 is 1. The monoisotopic (exact) mass is 528 g/mol. The summed E-state index contributed by atoms with van der Waals surface area (Å²) in [4.78, 5) is 33.2. The number of hydrogen-bond donors (Lipinski definition) is 1. The molecule has 4 aromatic rings. The molecule has 1 amide bonds. The van der Waals surface area contributed by atoms with Crippen LogP contribution in [0.3, 0.4) is 0 Å². The van der Waals surface area contributed by atoms with Gasteiger partial charge in [0.05, 0.1) is 28.9 Å². The molecule has 0 aliphatic carbocycles. The van der Waals surface area contributed by atoms with Crippen LogP contribution in [0.1, 0.15) is 28.3 Å². The lowest BCUT2D eigenvalue weighted by molar-refractivity contribution is -0.132. The van der Waals surface area contributed by atoms with Crippen LogP contribution in [0.25, 0.3) is 16.0 Å². The number of hydrogen-bond acceptors (Lipinski definition) is 8. The summed E-state index contributed by atoms with van der Waals surface area (Å²) >= 11 is 1.34. The van der Waals surface area contributed by atoms with Crippen molar-refractivity contribution in [2.24, 2.45) is 0 Å². The molecule has 1 saturated heterocycles. The van der Waals surface area contributed by atoms with Crippen molar-refractivity contribution in [1.82, 2.24) is 4.98 Å². The number of nitrogens with zero attached hydrogens (tertiary/aromatic N) is 2. The largest absolute Gasteiger partial charge is 0.507 e. The molecule has 1 unspecified atom stereocenters. The maximum atomic E-state index is 13.5. The predicted octanol–water partition coefficient (Wildman–Crippen LogP) is 5.32. The highest BCUT2D eigenvalue weighted by Gasteiger charge is 2.48. The zero-order valence-electron chi connectivity index (χ0n) is 21.0. The van der Waals surface area contributed by atoms with E-state index >= 15 is 0 Å². The van der Waals surface area contributed by atoms with Gasteiger partial charge in [-0.3, -0.25) is 14.5 Å². The summed E-state index contributed by atoms with van der Waals surface area (Å²) in [6, 6.07) is 15.2. The number of carbonyl (C=O) groups is 2. The van der Waals surface area contributed by atoms with Gasteiger partial charge in [0.1, 0.15) is 24.7 Å². The maximum absolute atomic E-state index is 13.5. The zero-order valence-corrected chi connectivity index (χ0v) is 21.8. The number of Topliss-reactive ketones (excluding diaryl/α,β-unsaturated/α-hetero) is 1. The Labute approximate surface area is 222 Å². The molecule has 8 nitrogen and oxygen atoms in total. The van der Waals surface area contributed by atoms with Gasteiger partial charge < -0.3 is 19.3 Å². The number of ketones is 1. The van der Waals surface area contributed by atoms with Crippen LogP contribution in [-0.2, 0) is 9.59 Å². The highest BCUT2D eigenvalue weighted by Crippen LogP contribution is 2.45. The van der Waals surface area contributed by atoms with Gasteiger partial charge in [-0.15, -0.1) is 0 Å². The number of carbonyl (C=O) groups excluding carboxylic acids is 2. The van der Waals surface area contributed by atoms with Crippen molar-refractivity contribution < 1.29 is 28.9 Å². The maximum Gasteiger partial charge on any atom is 0.301 e. The highest BCUT2D eigenvalue weighted by molar-refractivity contribution is 7.22. The molecular weight excluding hydrogens is 504 g/mol. The molecule has 192 valence electrons. The smallest absolute Gasteiger partial charge is 0.301 e. The Morgan fingerprint density at radius 3 is 2.50 bits per heavy atom. The minimum Gasteiger partial charge on any atom is -0.507 e. The molecular formula is C29H24N2O6S. The zero-order chi connectivity index (χ0) is 26.6. The molecule has 0 radical (unpaired) electrons. The number of thiazole rings is 1. The van der Waals surface area contributed by atoms with Crippen molar-refractivity contribution in [3.8, 4) is 17.2 Å². The number of benzene rings is 3. The summed E-state index contributed by atoms with van der Waals surface area (Å²) in [6.07, 6.45) is 0. The molecule has 1 fully saturated rings. The number of aliphatic hydroxyl groups is 1. The quantitative estimate of drug-likeness (QED) is 0.218. The Kier molecular flexibility index (Phi) is 5.80. The molecule has 1 atom stereocenters. The minimum atomic E-state index is -0.893. The molecule has 9 heteroatoms. The molecule has 38 heavy (non-hydrogen) atoms. The van der Waals surface area contributed by atoms with Crippen LogP contribution in [0.5, 0.6) is 17.2 Å². The first kappa shape index (κ1) is 24.0. The van der Waals surface area contributed by atoms with Gasteiger partial charge >= 0.3 is 5.91 Å². The molecule has 3 heterocycles. The second-order valence-corrected chi connectivity index (χ2v) is 10.2. The van der Waals surface area contributed by atoms with Crippen molar-refractivity contribution in [3.05, 3.63) is 82.4 Å². The van der Waals surface area contributed by atoms with Gasteiger partial charge in [-0.1, -0.05) is 29.5 Å². The number of aliphatic hydroxyl groups excluding tert-OH is 1. The molecule has 3 aromatic carbocycles. The molecule has 0 saturated carbocycles. The summed E-state index contributed by atoms with van der Waals surface area (Å²) < 4.78 is 17.5. The van der Waals surface area contributed by atoms with Crippen LogP contribution >= 0.6 is 11.3 Å². The predicted molar refractivity (Wildman–Crippen MR) is 144 cm³/mol. The molecule has 2 aliphatic rings. The van der Waals surface area contributed by atoms with Gasteiger partial charge in [-0.25, -0.2) is 4.98 Å². The topological polar surface area (TPSA) is 98.2 Å². The summed E-state index contributed by atoms with van der Waals surface area (Å²) in [6.45, 7) is 4.78. The Hall–Kier alpha value is -4.37. The summed E-state index contributed by atoms with van der Waals surface area (Å²) in [5.74, 6) is -0.184. The number of anilines is 1. The van der Waals surface area contributed by atoms with E-state index in [-0.39, 0.29) is 11.3 Å². The van der Waals surface area contributed by atoms with Gasteiger partial charge in [0.2, 0.25) is 0 Å². The fourth-order valence-electron chi connectivity index (χ4n) is 4.94. The molecule has 2 aliphatic heterocycles. The number of aryl methyl sites for hydroxylation is 2. The summed E-state index contributed by atoms with van der Waals surface area (Å²) in [5, 5.41) is 11.9. The number of amides is 1. The summed E-state index contributed by atoms with van der Waals surface area (Å²) in [7, 11) is 1.56. The van der Waals surface area contributed by atoms with Gasteiger partial charge in [-0.2, -0.15) is 0 Å². The van der Waals surface area contributed by atoms with Crippen molar-refractivity contribution in [2.75, 3.05) is 25.2 Å². The third-order valence-corrected chi connectivity index (χ3v) is 7.72. The third-order valence-electron chi connectivity index (χ3n) is 6.72. The van der Waals surface area contributed by atoms with E-state index in [1.807, 2.05) is 26.0 Å². The van der Waals surface area contributed by atoms with E-state index in [9.17, 15) is 14.7 Å². The van der Waals surface area contributed by atoms with Crippen LogP contribution in [-0.4, -0.2) is 42.1 Å². The highest BCUT2D eigenvalue weighted by atomic mass is 32.1. The average Bonchev–Trinajstić information content (AvgIpc) is 3.46. The van der Waals surface area contributed by atoms with Crippen LogP contribution in [0.2, 0.25) is 0 Å². The molecule has 1 N–H and O–H groups in total. The van der Waals surface area contributed by atoms with Crippen LogP contribution in [0, 0.1) is 13.8 Å². The first-order valence-corrected chi connectivity index (χ1v) is 12.9. The fourth-order valence-corrected chi connectivity index (χ4v) is 6.11. The number of fused-ring (bicyclic) bond motifs is 2. The lowest BCUT2D eigenvalue weighted by Crippen LogP contribution is -2.29. The van der Waals surface area contributed by atoms with E-state index in [1.165, 1.54) is 16.2 Å². The number of ether oxygens (including phenoxy) is 3. The van der Waals surface area contributed by atoms with Crippen molar-refractivity contribution in [1.29, 1.82) is 0 Å². The standard InChI is InChI=1S/C29H24N2O6S/c1-15-12-16(2)24-22(13-15)38-29(30-24)31-25(17-4-7-19(35-3)8-5-17)23(27(33)28(31)34)26(32)18-6-9-20-21(14-18)37-11-10-36-20/h4-9,12-14,25,32H,10-11H2,1-3H3/b26-23+. The van der Waals surface area contributed by atoms with E-state index < -0.39 is 17.7 Å². The third kappa shape index (κ3) is 3.86.